The van der Waals surface area contributed by atoms with Crippen LogP contribution in [0.3, 0.4) is 0 Å². The number of Topliss-reactive ketones (excluding diaryl/α,β-unsaturated/α-hetero) is 1. The molecule has 2 bridgehead atoms. The minimum absolute atomic E-state index is 0.0561. The number of hydrogen-bond donors (Lipinski definition) is 1. The van der Waals surface area contributed by atoms with Gasteiger partial charge >= 0.3 is 17.9 Å². The molecular weight excluding hydrogens is 544 g/mol. The van der Waals surface area contributed by atoms with E-state index in [2.05, 4.69) is 6.92 Å². The maximum atomic E-state index is 14.7. The zero-order valence-electron chi connectivity index (χ0n) is 25.4. The number of carbonyl (C=O) groups is 4. The first-order valence-corrected chi connectivity index (χ1v) is 15.1. The maximum Gasteiger partial charge on any atom is 0.309 e. The number of fused-ring (bicyclic) bond motifs is 5. The van der Waals surface area contributed by atoms with Crippen LogP contribution < -0.4 is 0 Å². The number of ketones is 1. The molecule has 3 saturated carbocycles. The fourth-order valence-corrected chi connectivity index (χ4v) is 9.83. The van der Waals surface area contributed by atoms with Gasteiger partial charge in [0.05, 0.1) is 32.0 Å². The Balaban J connectivity index is 1.52. The molecule has 3 heterocycles. The van der Waals surface area contributed by atoms with Crippen molar-refractivity contribution < 1.29 is 47.6 Å². The summed E-state index contributed by atoms with van der Waals surface area (Å²) in [6.45, 7) is 11.2. The second kappa shape index (κ2) is 9.14. The Labute approximate surface area is 245 Å². The molecule has 0 aromatic carbocycles. The van der Waals surface area contributed by atoms with Gasteiger partial charge in [-0.3, -0.25) is 19.2 Å². The summed E-state index contributed by atoms with van der Waals surface area (Å²) in [6, 6.07) is 1.79. The van der Waals surface area contributed by atoms with Gasteiger partial charge in [-0.25, -0.2) is 0 Å². The number of cyclic esters (lactones) is 1. The second-order valence-corrected chi connectivity index (χ2v) is 14.3. The summed E-state index contributed by atoms with van der Waals surface area (Å²) in [5.74, 6) is -3.77. The number of esters is 3. The zero-order valence-corrected chi connectivity index (χ0v) is 25.4. The molecule has 3 unspecified atom stereocenters. The van der Waals surface area contributed by atoms with Crippen molar-refractivity contribution in [3.63, 3.8) is 0 Å². The largest absolute Gasteiger partial charge is 0.472 e. The number of epoxide rings is 1. The van der Waals surface area contributed by atoms with E-state index in [1.54, 1.807) is 25.5 Å². The lowest BCUT2D eigenvalue weighted by molar-refractivity contribution is -0.252. The molecule has 2 aliphatic heterocycles. The van der Waals surface area contributed by atoms with Crippen LogP contribution in [-0.4, -0.2) is 59.3 Å². The van der Waals surface area contributed by atoms with Crippen LogP contribution in [0.4, 0.5) is 0 Å². The van der Waals surface area contributed by atoms with E-state index in [4.69, 9.17) is 23.4 Å². The number of aliphatic hydroxyl groups is 1. The SMILES string of the molecule is CCC(C)C(=O)O[C@H]1C(C)(C)[C@H](CC(=O)OC)[C@]2(C)C(=O)[C@@]1(O)C1OC13[C@@H]1CC(=O)O[C@@H](c4ccoc4)[C@]1(C)CC[C@@H]32. The van der Waals surface area contributed by atoms with Crippen molar-refractivity contribution in [1.82, 2.24) is 0 Å². The van der Waals surface area contributed by atoms with Crippen LogP contribution in [0.1, 0.15) is 85.3 Å². The third-order valence-electron chi connectivity index (χ3n) is 12.1. The summed E-state index contributed by atoms with van der Waals surface area (Å²) >= 11 is 0. The van der Waals surface area contributed by atoms with Crippen molar-refractivity contribution in [3.05, 3.63) is 24.2 Å². The Morgan fingerprint density at radius 1 is 1.17 bits per heavy atom. The van der Waals surface area contributed by atoms with E-state index in [9.17, 15) is 24.3 Å². The first kappa shape index (κ1) is 29.4. The summed E-state index contributed by atoms with van der Waals surface area (Å²) in [5, 5.41) is 12.7. The van der Waals surface area contributed by atoms with E-state index in [1.165, 1.54) is 7.11 Å². The smallest absolute Gasteiger partial charge is 0.309 e. The molecule has 5 aliphatic rings. The molecule has 2 saturated heterocycles. The number of rotatable bonds is 6. The summed E-state index contributed by atoms with van der Waals surface area (Å²) in [4.78, 5) is 54.0. The van der Waals surface area contributed by atoms with Crippen molar-refractivity contribution in [3.8, 4) is 0 Å². The van der Waals surface area contributed by atoms with Crippen LogP contribution in [0.25, 0.3) is 0 Å². The van der Waals surface area contributed by atoms with Crippen molar-refractivity contribution in [2.24, 2.45) is 39.9 Å². The fraction of sp³-hybridized carbons (Fsp3) is 0.750. The van der Waals surface area contributed by atoms with Crippen LogP contribution in [0.5, 0.6) is 0 Å². The van der Waals surface area contributed by atoms with Crippen LogP contribution in [0.15, 0.2) is 23.0 Å². The lowest BCUT2D eigenvalue weighted by atomic mass is 9.36. The number of ether oxygens (including phenoxy) is 4. The average Bonchev–Trinajstić information content (AvgIpc) is 3.44. The maximum absolute atomic E-state index is 14.7. The summed E-state index contributed by atoms with van der Waals surface area (Å²) < 4.78 is 29.1. The van der Waals surface area contributed by atoms with Gasteiger partial charge in [0.15, 0.2) is 11.4 Å². The zero-order chi connectivity index (χ0) is 30.6. The molecule has 11 atom stereocenters. The summed E-state index contributed by atoms with van der Waals surface area (Å²) in [5.41, 5.74) is -5.30. The molecule has 10 nitrogen and oxygen atoms in total. The number of carbonyl (C=O) groups excluding carboxylic acids is 4. The van der Waals surface area contributed by atoms with Crippen molar-refractivity contribution in [2.75, 3.05) is 7.11 Å². The van der Waals surface area contributed by atoms with Gasteiger partial charge in [0.25, 0.3) is 0 Å². The van der Waals surface area contributed by atoms with E-state index in [1.807, 2.05) is 27.7 Å². The minimum atomic E-state index is -2.17. The first-order valence-electron chi connectivity index (χ1n) is 15.1. The van der Waals surface area contributed by atoms with Crippen molar-refractivity contribution in [2.45, 2.75) is 103 Å². The van der Waals surface area contributed by atoms with Crippen LogP contribution in [0.2, 0.25) is 0 Å². The van der Waals surface area contributed by atoms with Crippen LogP contribution in [-0.2, 0) is 38.1 Å². The predicted octanol–water partition coefficient (Wildman–Crippen LogP) is 3.93. The molecule has 230 valence electrons. The third-order valence-corrected chi connectivity index (χ3v) is 12.1. The topological polar surface area (TPSA) is 142 Å². The van der Waals surface area contributed by atoms with Gasteiger partial charge in [0.1, 0.15) is 23.9 Å². The van der Waals surface area contributed by atoms with E-state index >= 15 is 0 Å². The molecule has 6 rings (SSSR count). The molecule has 1 spiro atoms. The van der Waals surface area contributed by atoms with E-state index < -0.39 is 93.1 Å². The number of methoxy groups -OCH3 is 1. The van der Waals surface area contributed by atoms with Crippen LogP contribution >= 0.6 is 0 Å². The highest BCUT2D eigenvalue weighted by atomic mass is 16.6. The molecule has 1 aromatic heterocycles. The highest BCUT2D eigenvalue weighted by molar-refractivity contribution is 5.99. The Morgan fingerprint density at radius 3 is 2.50 bits per heavy atom. The average molecular weight is 587 g/mol. The van der Waals surface area contributed by atoms with Gasteiger partial charge in [-0.1, -0.05) is 41.5 Å². The molecule has 42 heavy (non-hydrogen) atoms. The molecule has 0 radical (unpaired) electrons. The highest BCUT2D eigenvalue weighted by Gasteiger charge is 2.90. The molecule has 5 fully saturated rings. The lowest BCUT2D eigenvalue weighted by Gasteiger charge is -2.66. The second-order valence-electron chi connectivity index (χ2n) is 14.3. The molecule has 10 heteroatoms. The monoisotopic (exact) mass is 586 g/mol. The number of furan rings is 1. The molecule has 1 aromatic rings. The van der Waals surface area contributed by atoms with Gasteiger partial charge in [-0.2, -0.15) is 0 Å². The Bertz CT molecular complexity index is 1320. The highest BCUT2D eigenvalue weighted by Crippen LogP contribution is 2.78. The first-order chi connectivity index (χ1) is 19.6. The normalized spacial score (nSPS) is 45.4. The third kappa shape index (κ3) is 3.45. The molecule has 1 N–H and O–H groups in total. The Kier molecular flexibility index (Phi) is 6.39. The number of hydrogen-bond acceptors (Lipinski definition) is 10. The van der Waals surface area contributed by atoms with Gasteiger partial charge in [0, 0.05) is 40.1 Å². The quantitative estimate of drug-likeness (QED) is 0.296. The standard InChI is InChI=1S/C32H42O10/c1-8-16(2)24(35)41-26-28(3,4)19(13-21(33)38-7)30(6)18-9-11-29(5)20(32(18)27(42-32)31(26,37)25(30)36)14-22(34)40-23(29)17-10-12-39-15-17/h10,12,15-16,18-20,23,26-27,37H,8-9,11,13-14H2,1-7H3/t16?,18-,19+,20-,23+,26+,27?,29-,30-,31+,32?/m1/s1. The molecule has 3 aliphatic carbocycles. The van der Waals surface area contributed by atoms with Gasteiger partial charge in [0.2, 0.25) is 0 Å². The minimum Gasteiger partial charge on any atom is -0.472 e. The molecule has 0 amide bonds. The van der Waals surface area contributed by atoms with E-state index in [-0.39, 0.29) is 12.8 Å². The van der Waals surface area contributed by atoms with Gasteiger partial charge in [-0.15, -0.1) is 0 Å². The van der Waals surface area contributed by atoms with Crippen molar-refractivity contribution >= 4 is 23.7 Å². The van der Waals surface area contributed by atoms with Gasteiger partial charge in [-0.05, 0) is 31.2 Å². The lowest BCUT2D eigenvalue weighted by Crippen LogP contribution is -2.80. The summed E-state index contributed by atoms with van der Waals surface area (Å²) in [7, 11) is 1.30. The fourth-order valence-electron chi connectivity index (χ4n) is 9.83. The van der Waals surface area contributed by atoms with Crippen LogP contribution in [0, 0.1) is 39.9 Å². The molecular formula is C32H42O10. The summed E-state index contributed by atoms with van der Waals surface area (Å²) in [6.07, 6.45) is 1.92. The predicted molar refractivity (Wildman–Crippen MR) is 145 cm³/mol. The Hall–Kier alpha value is -2.72. The van der Waals surface area contributed by atoms with E-state index in [0.29, 0.717) is 19.3 Å². The van der Waals surface area contributed by atoms with Gasteiger partial charge < -0.3 is 28.5 Å². The Morgan fingerprint density at radius 2 is 1.88 bits per heavy atom. The van der Waals surface area contributed by atoms with Crippen molar-refractivity contribution in [1.29, 1.82) is 0 Å². The van der Waals surface area contributed by atoms with E-state index in [0.717, 1.165) is 5.56 Å².